The van der Waals surface area contributed by atoms with E-state index in [2.05, 4.69) is 4.98 Å². The molecule has 0 atom stereocenters. The number of benzene rings is 1. The normalized spacial score (nSPS) is 11.8. The number of ether oxygens (including phenoxy) is 2. The van der Waals surface area contributed by atoms with Crippen LogP contribution in [0.2, 0.25) is 0 Å². The molecule has 0 aliphatic heterocycles. The Hall–Kier alpha value is -2.70. The maximum absolute atomic E-state index is 13.7. The van der Waals surface area contributed by atoms with Gasteiger partial charge in [0.2, 0.25) is 0 Å². The van der Waals surface area contributed by atoms with Gasteiger partial charge in [0.05, 0.1) is 25.3 Å². The standard InChI is InChI=1S/C19H19F3N2O2/c1-4-5-12-10-14(25-2)17(15(11-12)26-3)16-13(19(20,21)22)6-8-24-9-7-23-18(16)24/h6-11H,4-5H2,1-3H3. The van der Waals surface area contributed by atoms with Crippen LogP contribution in [0.5, 0.6) is 11.5 Å². The molecule has 0 N–H and O–H groups in total. The second-order valence-electron chi connectivity index (χ2n) is 5.89. The van der Waals surface area contributed by atoms with Gasteiger partial charge in [-0.2, -0.15) is 13.2 Å². The van der Waals surface area contributed by atoms with Gasteiger partial charge in [0.15, 0.2) is 0 Å². The fraction of sp³-hybridized carbons (Fsp3) is 0.316. The molecule has 0 fully saturated rings. The molecule has 138 valence electrons. The molecule has 0 saturated carbocycles. The number of hydrogen-bond acceptors (Lipinski definition) is 3. The van der Waals surface area contributed by atoms with Crippen molar-refractivity contribution in [2.45, 2.75) is 25.9 Å². The van der Waals surface area contributed by atoms with Crippen molar-refractivity contribution in [3.63, 3.8) is 0 Å². The van der Waals surface area contributed by atoms with Gasteiger partial charge in [-0.1, -0.05) is 13.3 Å². The number of fused-ring (bicyclic) bond motifs is 1. The van der Waals surface area contributed by atoms with Crippen molar-refractivity contribution in [1.29, 1.82) is 0 Å². The lowest BCUT2D eigenvalue weighted by molar-refractivity contribution is -0.137. The van der Waals surface area contributed by atoms with Gasteiger partial charge < -0.3 is 13.9 Å². The van der Waals surface area contributed by atoms with Crippen LogP contribution in [0.25, 0.3) is 16.8 Å². The highest BCUT2D eigenvalue weighted by Crippen LogP contribution is 2.47. The molecule has 7 heteroatoms. The fourth-order valence-corrected chi connectivity index (χ4v) is 3.11. The summed E-state index contributed by atoms with van der Waals surface area (Å²) in [6.45, 7) is 2.03. The number of aryl methyl sites for hydroxylation is 1. The number of alkyl halides is 3. The van der Waals surface area contributed by atoms with Crippen LogP contribution in [-0.4, -0.2) is 23.6 Å². The van der Waals surface area contributed by atoms with E-state index < -0.39 is 11.7 Å². The Labute approximate surface area is 149 Å². The average molecular weight is 364 g/mol. The molecule has 1 aromatic carbocycles. The first-order valence-corrected chi connectivity index (χ1v) is 8.18. The number of halogens is 3. The van der Waals surface area contributed by atoms with E-state index in [0.717, 1.165) is 24.5 Å². The number of aromatic nitrogens is 2. The summed E-state index contributed by atoms with van der Waals surface area (Å²) in [5, 5.41) is 0. The first kappa shape index (κ1) is 18.1. The second kappa shape index (κ2) is 6.90. The quantitative estimate of drug-likeness (QED) is 0.640. The minimum Gasteiger partial charge on any atom is -0.496 e. The lowest BCUT2D eigenvalue weighted by atomic mass is 9.96. The Morgan fingerprint density at radius 1 is 1.04 bits per heavy atom. The summed E-state index contributed by atoms with van der Waals surface area (Å²) >= 11 is 0. The first-order chi connectivity index (χ1) is 12.4. The molecular weight excluding hydrogens is 345 g/mol. The van der Waals surface area contributed by atoms with Crippen LogP contribution in [0.3, 0.4) is 0 Å². The zero-order valence-electron chi connectivity index (χ0n) is 14.7. The van der Waals surface area contributed by atoms with E-state index >= 15 is 0 Å². The van der Waals surface area contributed by atoms with Gasteiger partial charge in [-0.05, 0) is 30.2 Å². The van der Waals surface area contributed by atoms with Crippen molar-refractivity contribution < 1.29 is 22.6 Å². The summed E-state index contributed by atoms with van der Waals surface area (Å²) in [5.41, 5.74) is 0.547. The topological polar surface area (TPSA) is 35.8 Å². The van der Waals surface area contributed by atoms with Crippen LogP contribution < -0.4 is 9.47 Å². The maximum Gasteiger partial charge on any atom is 0.417 e. The Kier molecular flexibility index (Phi) is 4.80. The predicted octanol–water partition coefficient (Wildman–Crippen LogP) is 4.99. The third-order valence-corrected chi connectivity index (χ3v) is 4.22. The summed E-state index contributed by atoms with van der Waals surface area (Å²) in [7, 11) is 2.87. The smallest absolute Gasteiger partial charge is 0.417 e. The summed E-state index contributed by atoms with van der Waals surface area (Å²) < 4.78 is 53.6. The maximum atomic E-state index is 13.7. The first-order valence-electron chi connectivity index (χ1n) is 8.18. The molecule has 0 aliphatic rings. The van der Waals surface area contributed by atoms with Crippen molar-refractivity contribution in [2.75, 3.05) is 14.2 Å². The molecular formula is C19H19F3N2O2. The van der Waals surface area contributed by atoms with E-state index in [1.54, 1.807) is 22.7 Å². The minimum absolute atomic E-state index is 0.0539. The van der Waals surface area contributed by atoms with E-state index in [-0.39, 0.29) is 16.8 Å². The van der Waals surface area contributed by atoms with Gasteiger partial charge in [-0.25, -0.2) is 4.98 Å². The zero-order chi connectivity index (χ0) is 18.9. The van der Waals surface area contributed by atoms with E-state index in [4.69, 9.17) is 9.47 Å². The highest BCUT2D eigenvalue weighted by Gasteiger charge is 2.37. The van der Waals surface area contributed by atoms with Gasteiger partial charge >= 0.3 is 6.18 Å². The molecule has 0 saturated heterocycles. The molecule has 4 nitrogen and oxygen atoms in total. The summed E-state index contributed by atoms with van der Waals surface area (Å²) in [6.07, 6.45) is 1.54. The minimum atomic E-state index is -4.54. The summed E-state index contributed by atoms with van der Waals surface area (Å²) in [6, 6.07) is 4.56. The molecule has 0 aliphatic carbocycles. The lowest BCUT2D eigenvalue weighted by Gasteiger charge is -2.19. The lowest BCUT2D eigenvalue weighted by Crippen LogP contribution is -2.10. The SMILES string of the molecule is CCCc1cc(OC)c(-c2c(C(F)(F)F)ccn3ccnc23)c(OC)c1. The number of methoxy groups -OCH3 is 2. The molecule has 2 aromatic heterocycles. The number of pyridine rings is 1. The largest absolute Gasteiger partial charge is 0.496 e. The molecule has 0 unspecified atom stereocenters. The summed E-state index contributed by atoms with van der Waals surface area (Å²) in [5.74, 6) is 0.656. The number of imidazole rings is 1. The van der Waals surface area contributed by atoms with Gasteiger partial charge in [-0.15, -0.1) is 0 Å². The highest BCUT2D eigenvalue weighted by molar-refractivity contribution is 5.88. The van der Waals surface area contributed by atoms with Crippen LogP contribution in [0.1, 0.15) is 24.5 Å². The third-order valence-electron chi connectivity index (χ3n) is 4.22. The van der Waals surface area contributed by atoms with Gasteiger partial charge in [0.25, 0.3) is 0 Å². The Morgan fingerprint density at radius 3 is 2.23 bits per heavy atom. The average Bonchev–Trinajstić information content (AvgIpc) is 3.08. The van der Waals surface area contributed by atoms with Gasteiger partial charge in [0.1, 0.15) is 17.1 Å². The third kappa shape index (κ3) is 3.09. The molecule has 26 heavy (non-hydrogen) atoms. The predicted molar refractivity (Wildman–Crippen MR) is 92.7 cm³/mol. The number of rotatable bonds is 5. The van der Waals surface area contributed by atoms with Crippen LogP contribution in [-0.2, 0) is 12.6 Å². The van der Waals surface area contributed by atoms with Crippen molar-refractivity contribution in [2.24, 2.45) is 0 Å². The fourth-order valence-electron chi connectivity index (χ4n) is 3.11. The van der Waals surface area contributed by atoms with Crippen LogP contribution in [0, 0.1) is 0 Å². The van der Waals surface area contributed by atoms with Crippen LogP contribution in [0.15, 0.2) is 36.8 Å². The van der Waals surface area contributed by atoms with Crippen molar-refractivity contribution in [1.82, 2.24) is 9.38 Å². The van der Waals surface area contributed by atoms with Crippen molar-refractivity contribution in [3.8, 4) is 22.6 Å². The van der Waals surface area contributed by atoms with Gasteiger partial charge in [-0.3, -0.25) is 0 Å². The van der Waals surface area contributed by atoms with Crippen molar-refractivity contribution >= 4 is 5.65 Å². The number of hydrogen-bond donors (Lipinski definition) is 0. The highest BCUT2D eigenvalue weighted by atomic mass is 19.4. The molecule has 0 radical (unpaired) electrons. The molecule has 0 spiro atoms. The summed E-state index contributed by atoms with van der Waals surface area (Å²) in [4.78, 5) is 4.13. The molecule has 3 aromatic rings. The second-order valence-corrected chi connectivity index (χ2v) is 5.89. The Morgan fingerprint density at radius 2 is 1.69 bits per heavy atom. The van der Waals surface area contributed by atoms with Crippen LogP contribution >= 0.6 is 0 Å². The van der Waals surface area contributed by atoms with Crippen LogP contribution in [0.4, 0.5) is 13.2 Å². The monoisotopic (exact) mass is 364 g/mol. The van der Waals surface area contributed by atoms with Gasteiger partial charge in [0, 0.05) is 24.2 Å². The van der Waals surface area contributed by atoms with E-state index in [1.165, 1.54) is 26.6 Å². The molecule has 0 bridgehead atoms. The van der Waals surface area contributed by atoms with E-state index in [1.807, 2.05) is 6.92 Å². The Balaban J connectivity index is 2.41. The zero-order valence-corrected chi connectivity index (χ0v) is 14.7. The molecule has 3 rings (SSSR count). The number of nitrogens with zero attached hydrogens (tertiary/aromatic N) is 2. The van der Waals surface area contributed by atoms with Crippen molar-refractivity contribution in [3.05, 3.63) is 47.9 Å². The van der Waals surface area contributed by atoms with E-state index in [9.17, 15) is 13.2 Å². The van der Waals surface area contributed by atoms with E-state index in [0.29, 0.717) is 11.5 Å². The Bertz CT molecular complexity index is 907. The molecule has 0 amide bonds. The molecule has 2 heterocycles.